The Morgan fingerprint density at radius 1 is 1.35 bits per heavy atom. The van der Waals surface area contributed by atoms with E-state index in [0.29, 0.717) is 6.54 Å². The first-order valence-corrected chi connectivity index (χ1v) is 6.99. The van der Waals surface area contributed by atoms with Crippen LogP contribution >= 0.6 is 31.9 Å². The number of benzene rings is 1. The Balaban J connectivity index is 2.60. The molecule has 17 heavy (non-hydrogen) atoms. The summed E-state index contributed by atoms with van der Waals surface area (Å²) in [6, 6.07) is 6.08. The van der Waals surface area contributed by atoms with Crippen LogP contribution in [0.1, 0.15) is 18.9 Å². The summed E-state index contributed by atoms with van der Waals surface area (Å²) in [7, 11) is 0. The second-order valence-electron chi connectivity index (χ2n) is 3.76. The summed E-state index contributed by atoms with van der Waals surface area (Å²) in [6.07, 6.45) is 0.186. The highest BCUT2D eigenvalue weighted by molar-refractivity contribution is 9.13. The van der Waals surface area contributed by atoms with E-state index in [1.807, 2.05) is 25.1 Å². The van der Waals surface area contributed by atoms with E-state index in [-0.39, 0.29) is 6.42 Å². The molecule has 1 aromatic carbocycles. The summed E-state index contributed by atoms with van der Waals surface area (Å²) in [4.78, 5) is 12.6. The number of aliphatic carboxylic acids is 1. The molecule has 0 aliphatic rings. The minimum absolute atomic E-state index is 0.186. The Kier molecular flexibility index (Phi) is 6.16. The van der Waals surface area contributed by atoms with Crippen LogP contribution < -0.4 is 0 Å². The Morgan fingerprint density at radius 3 is 2.59 bits per heavy atom. The summed E-state index contributed by atoms with van der Waals surface area (Å²) in [5, 5.41) is 8.66. The van der Waals surface area contributed by atoms with E-state index in [1.165, 1.54) is 5.56 Å². The molecule has 5 heteroatoms. The maximum absolute atomic E-state index is 10.5. The average Bonchev–Trinajstić information content (AvgIpc) is 2.28. The third kappa shape index (κ3) is 5.19. The summed E-state index contributed by atoms with van der Waals surface area (Å²) >= 11 is 6.88. The van der Waals surface area contributed by atoms with Gasteiger partial charge in [0.05, 0.1) is 6.42 Å². The van der Waals surface area contributed by atoms with Gasteiger partial charge in [-0.3, -0.25) is 9.69 Å². The second kappa shape index (κ2) is 7.13. The number of carbonyl (C=O) groups is 1. The van der Waals surface area contributed by atoms with Gasteiger partial charge in [-0.25, -0.2) is 0 Å². The van der Waals surface area contributed by atoms with Crippen molar-refractivity contribution in [2.75, 3.05) is 13.1 Å². The van der Waals surface area contributed by atoms with Gasteiger partial charge in [-0.05, 0) is 56.1 Å². The maximum atomic E-state index is 10.5. The van der Waals surface area contributed by atoms with Gasteiger partial charge in [-0.15, -0.1) is 0 Å². The van der Waals surface area contributed by atoms with Crippen LogP contribution in [-0.2, 0) is 11.3 Å². The van der Waals surface area contributed by atoms with Gasteiger partial charge in [0.15, 0.2) is 0 Å². The predicted octanol–water partition coefficient (Wildman–Crippen LogP) is 3.51. The Bertz CT molecular complexity index is 396. The molecule has 0 saturated carbocycles. The van der Waals surface area contributed by atoms with Crippen molar-refractivity contribution >= 4 is 37.8 Å². The molecular weight excluding hydrogens is 350 g/mol. The monoisotopic (exact) mass is 363 g/mol. The molecule has 3 nitrogen and oxygen atoms in total. The number of carboxylic acid groups (broad SMARTS) is 1. The second-order valence-corrected chi connectivity index (χ2v) is 5.47. The molecule has 0 atom stereocenters. The summed E-state index contributed by atoms with van der Waals surface area (Å²) in [5.41, 5.74) is 1.17. The highest BCUT2D eigenvalue weighted by Gasteiger charge is 2.07. The van der Waals surface area contributed by atoms with Gasteiger partial charge in [0.2, 0.25) is 0 Å². The molecule has 1 rings (SSSR count). The van der Waals surface area contributed by atoms with Crippen molar-refractivity contribution in [3.05, 3.63) is 32.7 Å². The molecule has 1 N–H and O–H groups in total. The van der Waals surface area contributed by atoms with Crippen molar-refractivity contribution in [1.82, 2.24) is 4.90 Å². The number of halogens is 2. The van der Waals surface area contributed by atoms with Crippen LogP contribution in [0, 0.1) is 0 Å². The minimum atomic E-state index is -0.750. The summed E-state index contributed by atoms with van der Waals surface area (Å²) in [6.45, 7) is 4.24. The molecule has 0 saturated heterocycles. The fraction of sp³-hybridized carbons (Fsp3) is 0.417. The molecule has 0 spiro atoms. The lowest BCUT2D eigenvalue weighted by atomic mass is 10.2. The van der Waals surface area contributed by atoms with E-state index in [9.17, 15) is 4.79 Å². The first-order valence-electron chi connectivity index (χ1n) is 5.41. The van der Waals surface area contributed by atoms with Crippen LogP contribution in [0.15, 0.2) is 27.1 Å². The first-order chi connectivity index (χ1) is 8.02. The van der Waals surface area contributed by atoms with E-state index < -0.39 is 5.97 Å². The van der Waals surface area contributed by atoms with E-state index in [4.69, 9.17) is 5.11 Å². The Hall–Kier alpha value is -0.390. The lowest BCUT2D eigenvalue weighted by Crippen LogP contribution is -2.25. The van der Waals surface area contributed by atoms with Gasteiger partial charge in [0, 0.05) is 22.0 Å². The standard InChI is InChI=1S/C12H15Br2NO2/c1-2-15(6-5-12(16)17)8-9-3-4-10(13)11(14)7-9/h3-4,7H,2,5-6,8H2,1H3,(H,16,17). The third-order valence-corrected chi connectivity index (χ3v) is 4.36. The highest BCUT2D eigenvalue weighted by atomic mass is 79.9. The normalized spacial score (nSPS) is 10.8. The third-order valence-electron chi connectivity index (χ3n) is 2.48. The molecule has 0 aromatic heterocycles. The molecule has 0 fully saturated rings. The van der Waals surface area contributed by atoms with Crippen LogP contribution in [-0.4, -0.2) is 29.1 Å². The van der Waals surface area contributed by atoms with Gasteiger partial charge in [-0.2, -0.15) is 0 Å². The molecule has 94 valence electrons. The largest absolute Gasteiger partial charge is 0.481 e. The van der Waals surface area contributed by atoms with Crippen LogP contribution in [0.4, 0.5) is 0 Å². The van der Waals surface area contributed by atoms with Crippen molar-refractivity contribution in [1.29, 1.82) is 0 Å². The van der Waals surface area contributed by atoms with Crippen molar-refractivity contribution in [2.24, 2.45) is 0 Å². The zero-order valence-corrected chi connectivity index (χ0v) is 12.8. The van der Waals surface area contributed by atoms with Crippen LogP contribution in [0.5, 0.6) is 0 Å². The van der Waals surface area contributed by atoms with E-state index in [0.717, 1.165) is 22.0 Å². The van der Waals surface area contributed by atoms with Crippen LogP contribution in [0.2, 0.25) is 0 Å². The molecular formula is C12H15Br2NO2. The summed E-state index contributed by atoms with van der Waals surface area (Å²) < 4.78 is 2.04. The van der Waals surface area contributed by atoms with Crippen LogP contribution in [0.3, 0.4) is 0 Å². The van der Waals surface area contributed by atoms with Gasteiger partial charge < -0.3 is 5.11 Å². The molecule has 0 amide bonds. The zero-order valence-electron chi connectivity index (χ0n) is 9.62. The zero-order chi connectivity index (χ0) is 12.8. The fourth-order valence-corrected chi connectivity index (χ4v) is 2.17. The Labute approximate surface area is 118 Å². The van der Waals surface area contributed by atoms with Gasteiger partial charge in [-0.1, -0.05) is 13.0 Å². The Morgan fingerprint density at radius 2 is 2.06 bits per heavy atom. The van der Waals surface area contributed by atoms with Gasteiger partial charge in [0.1, 0.15) is 0 Å². The first kappa shape index (κ1) is 14.7. The molecule has 1 aromatic rings. The van der Waals surface area contributed by atoms with Crippen molar-refractivity contribution in [3.8, 4) is 0 Å². The number of rotatable bonds is 6. The van der Waals surface area contributed by atoms with E-state index in [1.54, 1.807) is 0 Å². The molecule has 0 unspecified atom stereocenters. The van der Waals surface area contributed by atoms with Gasteiger partial charge >= 0.3 is 5.97 Å². The number of carboxylic acids is 1. The molecule has 0 bridgehead atoms. The highest BCUT2D eigenvalue weighted by Crippen LogP contribution is 2.24. The summed E-state index contributed by atoms with van der Waals surface area (Å²) in [5.74, 6) is -0.750. The molecule has 0 aliphatic carbocycles. The molecule has 0 heterocycles. The topological polar surface area (TPSA) is 40.5 Å². The lowest BCUT2D eigenvalue weighted by molar-refractivity contribution is -0.137. The lowest BCUT2D eigenvalue weighted by Gasteiger charge is -2.19. The quantitative estimate of drug-likeness (QED) is 0.839. The van der Waals surface area contributed by atoms with Crippen molar-refractivity contribution in [3.63, 3.8) is 0 Å². The molecule has 0 aliphatic heterocycles. The number of hydrogen-bond donors (Lipinski definition) is 1. The van der Waals surface area contributed by atoms with E-state index in [2.05, 4.69) is 36.8 Å². The smallest absolute Gasteiger partial charge is 0.304 e. The van der Waals surface area contributed by atoms with Crippen LogP contribution in [0.25, 0.3) is 0 Å². The average molecular weight is 365 g/mol. The minimum Gasteiger partial charge on any atom is -0.481 e. The van der Waals surface area contributed by atoms with Gasteiger partial charge in [0.25, 0.3) is 0 Å². The number of hydrogen-bond acceptors (Lipinski definition) is 2. The van der Waals surface area contributed by atoms with E-state index >= 15 is 0 Å². The van der Waals surface area contributed by atoms with Crippen molar-refractivity contribution in [2.45, 2.75) is 19.9 Å². The predicted molar refractivity (Wildman–Crippen MR) is 75.0 cm³/mol. The fourth-order valence-electron chi connectivity index (χ4n) is 1.50. The SMILES string of the molecule is CCN(CCC(=O)O)Cc1ccc(Br)c(Br)c1. The maximum Gasteiger partial charge on any atom is 0.304 e. The van der Waals surface area contributed by atoms with Crippen molar-refractivity contribution < 1.29 is 9.90 Å². The number of nitrogens with zero attached hydrogens (tertiary/aromatic N) is 1. The molecule has 0 radical (unpaired) electrons.